The van der Waals surface area contributed by atoms with Crippen molar-refractivity contribution < 1.29 is 13.5 Å². The van der Waals surface area contributed by atoms with Gasteiger partial charge in [0.15, 0.2) is 11.6 Å². The summed E-state index contributed by atoms with van der Waals surface area (Å²) in [6.45, 7) is 1.72. The van der Waals surface area contributed by atoms with Crippen molar-refractivity contribution in [3.8, 4) is 5.75 Å². The lowest BCUT2D eigenvalue weighted by atomic mass is 10.3. The van der Waals surface area contributed by atoms with Crippen molar-refractivity contribution in [2.24, 2.45) is 0 Å². The number of hydrogen-bond donors (Lipinski definition) is 1. The maximum atomic E-state index is 13.2. The van der Waals surface area contributed by atoms with Crippen LogP contribution in [0.2, 0.25) is 0 Å². The van der Waals surface area contributed by atoms with Crippen LogP contribution in [-0.4, -0.2) is 17.3 Å². The molecule has 1 atom stereocenters. The lowest BCUT2D eigenvalue weighted by Gasteiger charge is -2.05. The lowest BCUT2D eigenvalue weighted by molar-refractivity contribution is 0.387. The monoisotopic (exact) mass is 271 g/mol. The first-order valence-corrected chi connectivity index (χ1v) is 5.62. The van der Waals surface area contributed by atoms with Gasteiger partial charge in [-0.25, -0.2) is 4.39 Å². The zero-order valence-corrected chi connectivity index (χ0v) is 10.5. The van der Waals surface area contributed by atoms with Crippen LogP contribution >= 0.6 is 11.6 Å². The molecular formula is C11H11ClFN3O2. The Morgan fingerprint density at radius 1 is 1.44 bits per heavy atom. The first-order valence-electron chi connectivity index (χ1n) is 5.18. The van der Waals surface area contributed by atoms with Gasteiger partial charge in [0.2, 0.25) is 5.89 Å². The van der Waals surface area contributed by atoms with E-state index in [-0.39, 0.29) is 17.1 Å². The predicted molar refractivity (Wildman–Crippen MR) is 64.8 cm³/mol. The topological polar surface area (TPSA) is 60.2 Å². The van der Waals surface area contributed by atoms with Crippen LogP contribution in [-0.2, 0) is 0 Å². The van der Waals surface area contributed by atoms with Gasteiger partial charge in [0, 0.05) is 11.8 Å². The van der Waals surface area contributed by atoms with Crippen molar-refractivity contribution in [2.45, 2.75) is 12.3 Å². The SMILES string of the molecule is COc1cc(Nc2nnc(C(C)Cl)o2)ccc1F. The Hall–Kier alpha value is -1.82. The van der Waals surface area contributed by atoms with Crippen LogP contribution in [0.1, 0.15) is 18.2 Å². The Morgan fingerprint density at radius 2 is 2.22 bits per heavy atom. The van der Waals surface area contributed by atoms with Gasteiger partial charge in [-0.2, -0.15) is 0 Å². The number of rotatable bonds is 4. The molecule has 0 saturated heterocycles. The highest BCUT2D eigenvalue weighted by Crippen LogP contribution is 2.25. The summed E-state index contributed by atoms with van der Waals surface area (Å²) in [5.41, 5.74) is 0.575. The Labute approximate surface area is 108 Å². The van der Waals surface area contributed by atoms with Crippen molar-refractivity contribution in [2.75, 3.05) is 12.4 Å². The number of methoxy groups -OCH3 is 1. The fourth-order valence-corrected chi connectivity index (χ4v) is 1.40. The molecule has 96 valence electrons. The molecule has 1 heterocycles. The largest absolute Gasteiger partial charge is 0.494 e. The fraction of sp³-hybridized carbons (Fsp3) is 0.273. The first kappa shape index (κ1) is 12.6. The van der Waals surface area contributed by atoms with Crippen LogP contribution in [0.4, 0.5) is 16.1 Å². The zero-order valence-electron chi connectivity index (χ0n) is 9.78. The Balaban J connectivity index is 2.17. The highest BCUT2D eigenvalue weighted by molar-refractivity contribution is 6.20. The van der Waals surface area contributed by atoms with Crippen LogP contribution in [0.5, 0.6) is 5.75 Å². The molecule has 5 nitrogen and oxygen atoms in total. The van der Waals surface area contributed by atoms with Crippen molar-refractivity contribution in [3.05, 3.63) is 29.9 Å². The summed E-state index contributed by atoms with van der Waals surface area (Å²) in [4.78, 5) is 0. The van der Waals surface area contributed by atoms with Gasteiger partial charge >= 0.3 is 6.01 Å². The summed E-state index contributed by atoms with van der Waals surface area (Å²) in [5.74, 6) is 0.00217. The molecular weight excluding hydrogens is 261 g/mol. The van der Waals surface area contributed by atoms with Crippen LogP contribution in [0.25, 0.3) is 0 Å². The minimum atomic E-state index is -0.441. The summed E-state index contributed by atoms with van der Waals surface area (Å²) < 4.78 is 23.3. The molecule has 1 N–H and O–H groups in total. The number of benzene rings is 1. The minimum absolute atomic E-state index is 0.130. The summed E-state index contributed by atoms with van der Waals surface area (Å²) in [7, 11) is 1.39. The molecule has 0 radical (unpaired) electrons. The second-order valence-corrected chi connectivity index (χ2v) is 4.19. The number of nitrogens with one attached hydrogen (secondary N) is 1. The fourth-order valence-electron chi connectivity index (χ4n) is 1.31. The van der Waals surface area contributed by atoms with Gasteiger partial charge in [0.05, 0.1) is 7.11 Å². The van der Waals surface area contributed by atoms with Gasteiger partial charge in [-0.05, 0) is 19.1 Å². The van der Waals surface area contributed by atoms with Gasteiger partial charge in [0.25, 0.3) is 0 Å². The van der Waals surface area contributed by atoms with E-state index in [9.17, 15) is 4.39 Å². The molecule has 0 fully saturated rings. The van der Waals surface area contributed by atoms with E-state index in [0.717, 1.165) is 0 Å². The smallest absolute Gasteiger partial charge is 0.320 e. The van der Waals surface area contributed by atoms with Crippen LogP contribution < -0.4 is 10.1 Å². The molecule has 18 heavy (non-hydrogen) atoms. The molecule has 0 spiro atoms. The van der Waals surface area contributed by atoms with Crippen molar-refractivity contribution >= 4 is 23.3 Å². The Kier molecular flexibility index (Phi) is 3.66. The highest BCUT2D eigenvalue weighted by atomic mass is 35.5. The summed E-state index contributed by atoms with van der Waals surface area (Å²) in [6.07, 6.45) is 0. The molecule has 0 amide bonds. The third-order valence-electron chi connectivity index (χ3n) is 2.18. The average molecular weight is 272 g/mol. The molecule has 2 aromatic rings. The Bertz CT molecular complexity index is 545. The molecule has 0 aliphatic carbocycles. The van der Waals surface area contributed by atoms with E-state index in [2.05, 4.69) is 15.5 Å². The zero-order chi connectivity index (χ0) is 13.1. The van der Waals surface area contributed by atoms with Gasteiger partial charge in [-0.3, -0.25) is 0 Å². The van der Waals surface area contributed by atoms with E-state index in [0.29, 0.717) is 11.6 Å². The number of aromatic nitrogens is 2. The number of nitrogens with zero attached hydrogens (tertiary/aromatic N) is 2. The summed E-state index contributed by atoms with van der Waals surface area (Å²) in [5, 5.41) is 9.99. The maximum Gasteiger partial charge on any atom is 0.320 e. The molecule has 0 bridgehead atoms. The summed E-state index contributed by atoms with van der Waals surface area (Å²) in [6, 6.07) is 4.49. The molecule has 0 aliphatic rings. The second-order valence-electron chi connectivity index (χ2n) is 3.54. The third kappa shape index (κ3) is 2.70. The minimum Gasteiger partial charge on any atom is -0.494 e. The van der Waals surface area contributed by atoms with E-state index >= 15 is 0 Å². The second kappa shape index (κ2) is 5.22. The van der Waals surface area contributed by atoms with Gasteiger partial charge in [0.1, 0.15) is 5.38 Å². The molecule has 0 aliphatic heterocycles. The number of hydrogen-bond acceptors (Lipinski definition) is 5. The molecule has 7 heteroatoms. The van der Waals surface area contributed by atoms with E-state index in [1.807, 2.05) is 0 Å². The molecule has 2 rings (SSSR count). The summed E-state index contributed by atoms with van der Waals surface area (Å²) >= 11 is 5.79. The lowest BCUT2D eigenvalue weighted by Crippen LogP contribution is -1.93. The number of ether oxygens (including phenoxy) is 1. The van der Waals surface area contributed by atoms with Crippen LogP contribution in [0, 0.1) is 5.82 Å². The van der Waals surface area contributed by atoms with Crippen LogP contribution in [0.3, 0.4) is 0 Å². The standard InChI is InChI=1S/C11H11ClFN3O2/c1-6(12)10-15-16-11(18-10)14-7-3-4-8(13)9(5-7)17-2/h3-6H,1-2H3,(H,14,16). The van der Waals surface area contributed by atoms with E-state index in [4.69, 9.17) is 20.8 Å². The van der Waals surface area contributed by atoms with Gasteiger partial charge in [-0.1, -0.05) is 5.10 Å². The Morgan fingerprint density at radius 3 is 2.83 bits per heavy atom. The van der Waals surface area contributed by atoms with E-state index in [1.165, 1.54) is 25.3 Å². The molecule has 1 aromatic heterocycles. The van der Waals surface area contributed by atoms with E-state index < -0.39 is 5.82 Å². The van der Waals surface area contributed by atoms with Crippen molar-refractivity contribution in [1.82, 2.24) is 10.2 Å². The number of alkyl halides is 1. The number of halogens is 2. The van der Waals surface area contributed by atoms with Crippen molar-refractivity contribution in [3.63, 3.8) is 0 Å². The molecule has 0 saturated carbocycles. The number of anilines is 2. The normalized spacial score (nSPS) is 12.2. The van der Waals surface area contributed by atoms with Gasteiger partial charge in [-0.15, -0.1) is 16.7 Å². The van der Waals surface area contributed by atoms with Crippen molar-refractivity contribution in [1.29, 1.82) is 0 Å². The first-order chi connectivity index (χ1) is 8.60. The quantitative estimate of drug-likeness (QED) is 0.865. The average Bonchev–Trinajstić information content (AvgIpc) is 2.80. The van der Waals surface area contributed by atoms with Gasteiger partial charge < -0.3 is 14.5 Å². The van der Waals surface area contributed by atoms with E-state index in [1.54, 1.807) is 6.92 Å². The molecule has 1 unspecified atom stereocenters. The highest BCUT2D eigenvalue weighted by Gasteiger charge is 2.11. The molecule has 1 aromatic carbocycles. The maximum absolute atomic E-state index is 13.2. The van der Waals surface area contributed by atoms with Crippen LogP contribution in [0.15, 0.2) is 22.6 Å². The third-order valence-corrected chi connectivity index (χ3v) is 2.37. The predicted octanol–water partition coefficient (Wildman–Crippen LogP) is 3.26.